The molecule has 0 aliphatic carbocycles. The summed E-state index contributed by atoms with van der Waals surface area (Å²) in [5, 5.41) is 4.88. The number of rotatable bonds is 14. The molecule has 0 bridgehead atoms. The number of hydrogen-bond donors (Lipinski definition) is 4. The van der Waals surface area contributed by atoms with Gasteiger partial charge in [-0.3, -0.25) is 9.59 Å². The van der Waals surface area contributed by atoms with Crippen molar-refractivity contribution in [2.24, 2.45) is 0 Å². The molecule has 16 heteroatoms. The number of aromatic nitrogens is 4. The van der Waals surface area contributed by atoms with Gasteiger partial charge in [0.15, 0.2) is 0 Å². The Bertz CT molecular complexity index is 1910. The van der Waals surface area contributed by atoms with Gasteiger partial charge in [0.05, 0.1) is 51.1 Å². The fourth-order valence-corrected chi connectivity index (χ4v) is 7.52. The smallest absolute Gasteiger partial charge is 0.407 e. The minimum atomic E-state index is -0.652. The highest BCUT2D eigenvalue weighted by molar-refractivity contribution is 8.05. The van der Waals surface area contributed by atoms with Crippen LogP contribution in [0.5, 0.6) is 0 Å². The van der Waals surface area contributed by atoms with Crippen molar-refractivity contribution in [3.05, 3.63) is 60.4 Å². The first-order valence-electron chi connectivity index (χ1n) is 20.3. The zero-order valence-corrected chi connectivity index (χ0v) is 40.0. The van der Waals surface area contributed by atoms with Gasteiger partial charge in [0.1, 0.15) is 24.7 Å². The van der Waals surface area contributed by atoms with E-state index < -0.39 is 12.2 Å². The Balaban J connectivity index is 0. The molecule has 4 amide bonds. The molecule has 1 aliphatic rings. The molecule has 5 rings (SSSR count). The largest absolute Gasteiger partial charge is 0.453 e. The van der Waals surface area contributed by atoms with Crippen LogP contribution in [-0.2, 0) is 32.2 Å². The molecule has 64 heavy (non-hydrogen) atoms. The summed E-state index contributed by atoms with van der Waals surface area (Å²) in [6.45, 7) is 13.8. The van der Waals surface area contributed by atoms with E-state index in [4.69, 9.17) is 0 Å². The molecular formula is C48H64N8O6S2. The van der Waals surface area contributed by atoms with Gasteiger partial charge < -0.3 is 39.9 Å². The molecule has 0 radical (unpaired) electrons. The number of fused-ring (bicyclic) bond motifs is 2. The van der Waals surface area contributed by atoms with Gasteiger partial charge >= 0.3 is 12.2 Å². The lowest BCUT2D eigenvalue weighted by Gasteiger charge is -2.21. The molecule has 4 aromatic rings. The van der Waals surface area contributed by atoms with Crippen molar-refractivity contribution >= 4 is 47.5 Å². The molecule has 0 fully saturated rings. The highest BCUT2D eigenvalue weighted by Crippen LogP contribution is 2.50. The maximum Gasteiger partial charge on any atom is 0.407 e. The third kappa shape index (κ3) is 20.4. The summed E-state index contributed by atoms with van der Waals surface area (Å²) in [6, 6.07) is 12.6. The van der Waals surface area contributed by atoms with E-state index >= 15 is 0 Å². The molecule has 344 valence electrons. The summed E-state index contributed by atoms with van der Waals surface area (Å²) in [7, 11) is 2.51. The Kier molecular flexibility index (Phi) is 33.2. The average Bonchev–Trinajstić information content (AvgIpc) is 4.02. The van der Waals surface area contributed by atoms with Crippen LogP contribution >= 0.6 is 23.5 Å². The van der Waals surface area contributed by atoms with Crippen LogP contribution in [0.25, 0.3) is 22.5 Å². The summed E-state index contributed by atoms with van der Waals surface area (Å²) >= 11 is 3.40. The number of carbonyl (C=O) groups is 4. The minimum absolute atomic E-state index is 0.152. The molecule has 2 aromatic heterocycles. The summed E-state index contributed by atoms with van der Waals surface area (Å²) < 4.78 is 9.13. The van der Waals surface area contributed by atoms with E-state index in [0.717, 1.165) is 54.9 Å². The van der Waals surface area contributed by atoms with E-state index in [1.807, 2.05) is 13.8 Å². The standard InChI is InChI=1S/C34H40N8O6S2.2C3H8.4C2H2/c1-5-11-41(31(43)17-37-33(45)47-3)19-29-35-15-23(39-29)21-7-9-25-27(13-21)50-28-14-22(8-10-26(28)49-25)24-16-36-30(40-24)20-42(12-6-2)32(44)18-38-34(46)48-4;2*1-3-2;4*1-2/h7-10,13-16H,5-6,11-12,17-20H2,1-4H3,(H,35,39)(H,36,40)(H,37,45)(H,38,46);2*3H2,1-2H3;4*1-2H. The van der Waals surface area contributed by atoms with Crippen LogP contribution in [-0.4, -0.2) is 94.1 Å². The Morgan fingerprint density at radius 2 is 0.906 bits per heavy atom. The number of nitrogens with one attached hydrogen (secondary N) is 4. The van der Waals surface area contributed by atoms with E-state index in [0.29, 0.717) is 24.7 Å². The maximum atomic E-state index is 12.7. The predicted octanol–water partition coefficient (Wildman–Crippen LogP) is 9.10. The van der Waals surface area contributed by atoms with Crippen LogP contribution in [0, 0.1) is 51.4 Å². The maximum absolute atomic E-state index is 12.7. The third-order valence-corrected chi connectivity index (χ3v) is 10.2. The van der Waals surface area contributed by atoms with Crippen molar-refractivity contribution < 1.29 is 28.7 Å². The van der Waals surface area contributed by atoms with Crippen molar-refractivity contribution in [3.8, 4) is 73.9 Å². The zero-order valence-electron chi connectivity index (χ0n) is 38.4. The zero-order chi connectivity index (χ0) is 49.0. The molecular weight excluding hydrogens is 849 g/mol. The van der Waals surface area contributed by atoms with Gasteiger partial charge in [-0.25, -0.2) is 19.6 Å². The van der Waals surface area contributed by atoms with E-state index in [2.05, 4.69) is 156 Å². The summed E-state index contributed by atoms with van der Waals surface area (Å²) in [5.41, 5.74) is 3.63. The number of terminal acetylenes is 4. The first-order chi connectivity index (χ1) is 31.0. The lowest BCUT2D eigenvalue weighted by Crippen LogP contribution is -2.40. The van der Waals surface area contributed by atoms with Gasteiger partial charge in [-0.15, -0.1) is 51.4 Å². The van der Waals surface area contributed by atoms with Gasteiger partial charge in [0.2, 0.25) is 11.8 Å². The Hall–Kier alpha value is -6.72. The van der Waals surface area contributed by atoms with Crippen LogP contribution in [0.15, 0.2) is 68.4 Å². The topological polar surface area (TPSA) is 175 Å². The van der Waals surface area contributed by atoms with E-state index in [9.17, 15) is 19.2 Å². The van der Waals surface area contributed by atoms with Crippen LogP contribution in [0.2, 0.25) is 0 Å². The normalized spacial score (nSPS) is 9.75. The number of alkyl carbamates (subject to hydrolysis) is 2. The molecule has 4 N–H and O–H groups in total. The number of hydrogen-bond acceptors (Lipinski definition) is 10. The number of carbonyl (C=O) groups excluding carboxylic acids is 4. The van der Waals surface area contributed by atoms with E-state index in [1.165, 1.54) is 27.1 Å². The highest BCUT2D eigenvalue weighted by atomic mass is 32.2. The molecule has 2 aromatic carbocycles. The SMILES string of the molecule is C#C.C#C.C#C.C#C.CCC.CCC.CCCN(Cc1ncc(-c2ccc3c(c2)Sc2cc(-c4cnc(CN(CCC)C(=O)CNC(=O)OC)[nH]4)ccc2S3)[nH]1)C(=O)CNC(=O)OC. The number of ether oxygens (including phenoxy) is 2. The number of benzene rings is 2. The number of methoxy groups -OCH3 is 2. The van der Waals surface area contributed by atoms with Crippen LogP contribution in [0.1, 0.15) is 78.9 Å². The Morgan fingerprint density at radius 3 is 1.22 bits per heavy atom. The predicted molar refractivity (Wildman–Crippen MR) is 260 cm³/mol. The summed E-state index contributed by atoms with van der Waals surface area (Å²) in [6.07, 6.45) is 38.3. The second-order valence-corrected chi connectivity index (χ2v) is 14.9. The second-order valence-electron chi connectivity index (χ2n) is 12.7. The molecule has 3 heterocycles. The van der Waals surface area contributed by atoms with Gasteiger partial charge in [-0.1, -0.05) is 90.0 Å². The first-order valence-corrected chi connectivity index (χ1v) is 21.9. The third-order valence-electron chi connectivity index (χ3n) is 7.72. The molecule has 1 aliphatic heterocycles. The van der Waals surface area contributed by atoms with Crippen molar-refractivity contribution in [3.63, 3.8) is 0 Å². The first kappa shape index (κ1) is 59.4. The van der Waals surface area contributed by atoms with Crippen molar-refractivity contribution in [1.29, 1.82) is 0 Å². The molecule has 0 unspecified atom stereocenters. The van der Waals surface area contributed by atoms with Crippen molar-refractivity contribution in [2.75, 3.05) is 40.4 Å². The lowest BCUT2D eigenvalue weighted by atomic mass is 10.2. The van der Waals surface area contributed by atoms with Crippen LogP contribution in [0.3, 0.4) is 0 Å². The second kappa shape index (κ2) is 35.8. The van der Waals surface area contributed by atoms with E-state index in [1.54, 1.807) is 45.7 Å². The van der Waals surface area contributed by atoms with Gasteiger partial charge in [-0.2, -0.15) is 0 Å². The molecule has 0 spiro atoms. The Labute approximate surface area is 389 Å². The van der Waals surface area contributed by atoms with Gasteiger partial charge in [0.25, 0.3) is 0 Å². The fraction of sp³-hybridized carbons (Fsp3) is 0.375. The molecule has 0 saturated carbocycles. The molecule has 0 atom stereocenters. The van der Waals surface area contributed by atoms with Crippen LogP contribution in [0.4, 0.5) is 9.59 Å². The number of H-pyrrole nitrogens is 2. The number of imidazole rings is 2. The number of nitrogens with zero attached hydrogens (tertiary/aromatic N) is 4. The molecule has 14 nitrogen and oxygen atoms in total. The Morgan fingerprint density at radius 1 is 0.578 bits per heavy atom. The van der Waals surface area contributed by atoms with Gasteiger partial charge in [0, 0.05) is 43.8 Å². The monoisotopic (exact) mass is 912 g/mol. The quantitative estimate of drug-likeness (QED) is 0.0787. The van der Waals surface area contributed by atoms with E-state index in [-0.39, 0.29) is 38.0 Å². The lowest BCUT2D eigenvalue weighted by molar-refractivity contribution is -0.131. The fourth-order valence-electron chi connectivity index (χ4n) is 5.24. The number of amides is 4. The minimum Gasteiger partial charge on any atom is -0.453 e. The molecule has 0 saturated heterocycles. The van der Waals surface area contributed by atoms with Gasteiger partial charge in [-0.05, 0) is 37.1 Å². The highest BCUT2D eigenvalue weighted by Gasteiger charge is 2.21. The number of aromatic amines is 2. The average molecular weight is 913 g/mol. The summed E-state index contributed by atoms with van der Waals surface area (Å²) in [5.74, 6) is 0.850. The van der Waals surface area contributed by atoms with Crippen molar-refractivity contribution in [1.82, 2.24) is 40.4 Å². The summed E-state index contributed by atoms with van der Waals surface area (Å²) in [4.78, 5) is 71.9. The van der Waals surface area contributed by atoms with Crippen molar-refractivity contribution in [2.45, 2.75) is 99.9 Å². The van der Waals surface area contributed by atoms with Crippen LogP contribution < -0.4 is 10.6 Å².